The minimum Gasteiger partial charge on any atom is -0.811 e. The zero-order chi connectivity index (χ0) is 17.5. The molecule has 13 nitrogen and oxygen atoms in total. The molecule has 1 amide bonds. The summed E-state index contributed by atoms with van der Waals surface area (Å²) in [6, 6.07) is 0.617. The number of nitrogens with zero attached hydrogens (tertiary/aromatic N) is 1. The van der Waals surface area contributed by atoms with E-state index >= 15 is 0 Å². The largest absolute Gasteiger partial charge is 0.811 e. The number of rotatable bonds is 4. The average molecular weight is 387 g/mol. The van der Waals surface area contributed by atoms with Crippen molar-refractivity contribution >= 4 is 13.5 Å². The van der Waals surface area contributed by atoms with Crippen molar-refractivity contribution in [3.8, 4) is 0 Å². The fourth-order valence-electron chi connectivity index (χ4n) is 2.23. The number of halogens is 1. The molecule has 0 unspecified atom stereocenters. The fraction of sp³-hybridized carbons (Fsp3) is 0.500. The molecule has 2 heterocycles. The summed E-state index contributed by atoms with van der Waals surface area (Å²) in [5, 5.41) is 9.63. The van der Waals surface area contributed by atoms with Crippen LogP contribution in [0.2, 0.25) is 0 Å². The molecule has 1 aliphatic heterocycles. The van der Waals surface area contributed by atoms with E-state index in [2.05, 4.69) is 0 Å². The summed E-state index contributed by atoms with van der Waals surface area (Å²) in [4.78, 5) is 57.5. The minimum atomic E-state index is -5.14. The maximum absolute atomic E-state index is 14.1. The number of primary amides is 1. The Morgan fingerprint density at radius 2 is 2.00 bits per heavy atom. The van der Waals surface area contributed by atoms with E-state index in [0.717, 1.165) is 0 Å². The van der Waals surface area contributed by atoms with E-state index in [-0.39, 0.29) is 12.3 Å². The number of carbonyl (C=O) groups is 1. The Bertz CT molecular complexity index is 790. The first-order chi connectivity index (χ1) is 10.5. The third-order valence-corrected chi connectivity index (χ3v) is 3.99. The first-order valence-electron chi connectivity index (χ1n) is 6.15. The number of aromatic amines is 1. The highest BCUT2D eigenvalue weighted by atomic mass is 31.2. The highest BCUT2D eigenvalue weighted by Crippen LogP contribution is 2.37. The highest BCUT2D eigenvalue weighted by molar-refractivity contribution is 7.48. The molecule has 25 heavy (non-hydrogen) atoms. The van der Waals surface area contributed by atoms with Crippen LogP contribution >= 0.6 is 7.60 Å². The van der Waals surface area contributed by atoms with Gasteiger partial charge in [-0.1, -0.05) is 7.60 Å². The van der Waals surface area contributed by atoms with Gasteiger partial charge in [0.05, 0.1) is 6.10 Å². The van der Waals surface area contributed by atoms with Gasteiger partial charge in [-0.05, 0) is 0 Å². The summed E-state index contributed by atoms with van der Waals surface area (Å²) in [5.74, 6) is -1.25. The van der Waals surface area contributed by atoms with E-state index in [1.807, 2.05) is 0 Å². The van der Waals surface area contributed by atoms with Crippen molar-refractivity contribution in [3.63, 3.8) is 0 Å². The quantitative estimate of drug-likeness (QED) is 0.329. The van der Waals surface area contributed by atoms with Crippen LogP contribution in [-0.4, -0.2) is 45.1 Å². The third kappa shape index (κ3) is 4.79. The van der Waals surface area contributed by atoms with Crippen molar-refractivity contribution in [1.29, 1.82) is 0 Å². The Morgan fingerprint density at radius 1 is 1.44 bits per heavy atom. The molecule has 12 N–H and O–H groups in total. The fourth-order valence-corrected chi connectivity index (χ4v) is 2.97. The number of nitrogens with one attached hydrogen (secondary N) is 1. The lowest BCUT2D eigenvalue weighted by Crippen LogP contribution is -2.40. The monoisotopic (exact) mass is 387 g/mol. The van der Waals surface area contributed by atoms with E-state index in [1.54, 1.807) is 4.98 Å². The normalized spacial score (nSPS) is 25.8. The number of H-pyrrole nitrogens is 1. The van der Waals surface area contributed by atoms with Gasteiger partial charge in [-0.3, -0.25) is 19.1 Å². The van der Waals surface area contributed by atoms with Crippen molar-refractivity contribution in [2.45, 2.75) is 24.6 Å². The number of ether oxygens (including phenoxy) is 1. The summed E-state index contributed by atoms with van der Waals surface area (Å²) in [6.45, 7) is 0. The number of amides is 1. The van der Waals surface area contributed by atoms with Crippen LogP contribution in [0.5, 0.6) is 0 Å². The molecule has 0 radical (unpaired) electrons. The Hall–Kier alpha value is -1.93. The molecular formula is C10H19FN5O8P. The van der Waals surface area contributed by atoms with E-state index in [9.17, 15) is 38.2 Å². The number of hydrogen-bond donors (Lipinski definition) is 5. The number of aromatic nitrogens is 2. The summed E-state index contributed by atoms with van der Waals surface area (Å²) in [7, 11) is -5.14. The van der Waals surface area contributed by atoms with Crippen LogP contribution in [0.15, 0.2) is 15.7 Å². The summed E-state index contributed by atoms with van der Waals surface area (Å²) in [6.07, 6.45) is -9.26. The Morgan fingerprint density at radius 3 is 2.48 bits per heavy atom. The van der Waals surface area contributed by atoms with Crippen LogP contribution < -0.4 is 39.1 Å². The van der Waals surface area contributed by atoms with Crippen molar-refractivity contribution < 1.29 is 33.4 Å². The summed E-state index contributed by atoms with van der Waals surface area (Å²) >= 11 is 0. The van der Waals surface area contributed by atoms with Crippen molar-refractivity contribution in [1.82, 2.24) is 21.9 Å². The molecule has 1 fully saturated rings. The molecule has 1 saturated heterocycles. The lowest BCUT2D eigenvalue weighted by Gasteiger charge is -2.32. The summed E-state index contributed by atoms with van der Waals surface area (Å²) in [5.41, 5.74) is 2.07. The zero-order valence-corrected chi connectivity index (χ0v) is 14.1. The lowest BCUT2D eigenvalue weighted by molar-refractivity contribution is -0.315. The molecule has 0 aromatic carbocycles. The predicted molar refractivity (Wildman–Crippen MR) is 79.1 cm³/mol. The van der Waals surface area contributed by atoms with Gasteiger partial charge in [-0.15, -0.1) is 0 Å². The van der Waals surface area contributed by atoms with Gasteiger partial charge in [0, 0.05) is 12.2 Å². The molecule has 1 aliphatic rings. The lowest BCUT2D eigenvalue weighted by atomic mass is 10.1. The van der Waals surface area contributed by atoms with Crippen LogP contribution in [0.1, 0.15) is 16.7 Å². The number of quaternary nitrogens is 2. The third-order valence-electron chi connectivity index (χ3n) is 3.18. The molecule has 0 spiro atoms. The van der Waals surface area contributed by atoms with Crippen LogP contribution in [0.4, 0.5) is 4.39 Å². The maximum Gasteiger partial charge on any atom is 0.331 e. The summed E-state index contributed by atoms with van der Waals surface area (Å²) < 4.78 is 30.1. The van der Waals surface area contributed by atoms with Gasteiger partial charge in [0.1, 0.15) is 11.8 Å². The molecule has 1 aromatic heterocycles. The molecule has 144 valence electrons. The van der Waals surface area contributed by atoms with E-state index < -0.39 is 61.2 Å². The molecule has 0 bridgehead atoms. The second kappa shape index (κ2) is 7.97. The van der Waals surface area contributed by atoms with Crippen LogP contribution in [-0.2, 0) is 9.30 Å². The van der Waals surface area contributed by atoms with Gasteiger partial charge < -0.3 is 42.2 Å². The second-order valence-corrected chi connectivity index (χ2v) is 6.44. The first kappa shape index (κ1) is 23.1. The molecular weight excluding hydrogens is 368 g/mol. The average Bonchev–Trinajstić information content (AvgIpc) is 2.64. The van der Waals surface area contributed by atoms with Crippen molar-refractivity contribution in [2.24, 2.45) is 5.73 Å². The molecule has 15 heteroatoms. The topological polar surface area (TPSA) is 264 Å². The molecule has 4 atom stereocenters. The Kier molecular flexibility index (Phi) is 7.35. The van der Waals surface area contributed by atoms with Crippen LogP contribution in [0.3, 0.4) is 0 Å². The van der Waals surface area contributed by atoms with Gasteiger partial charge in [0.25, 0.3) is 11.5 Å². The van der Waals surface area contributed by atoms with Crippen LogP contribution in [0, 0.1) is 0 Å². The van der Waals surface area contributed by atoms with Crippen LogP contribution in [0.25, 0.3) is 0 Å². The van der Waals surface area contributed by atoms with Gasteiger partial charge in [-0.2, -0.15) is 0 Å². The molecule has 0 saturated carbocycles. The SMILES string of the molecule is NC(=O)c1cc(=O)[nH]c(=O)n1[C@@H]1O[C@H](CP(=O)([O-])[O-])[C@@H](O)[C@H]1F.[NH4+].[NH4+]. The first-order valence-corrected chi connectivity index (χ1v) is 7.88. The molecule has 0 aliphatic carbocycles. The zero-order valence-electron chi connectivity index (χ0n) is 13.2. The number of carbonyl (C=O) groups excluding carboxylic acids is 1. The van der Waals surface area contributed by atoms with Gasteiger partial charge in [-0.25, -0.2) is 9.18 Å². The number of alkyl halides is 1. The van der Waals surface area contributed by atoms with E-state index in [4.69, 9.17) is 10.5 Å². The van der Waals surface area contributed by atoms with Crippen molar-refractivity contribution in [2.75, 3.05) is 6.16 Å². The highest BCUT2D eigenvalue weighted by Gasteiger charge is 2.46. The smallest absolute Gasteiger partial charge is 0.331 e. The van der Waals surface area contributed by atoms with E-state index in [1.165, 1.54) is 0 Å². The van der Waals surface area contributed by atoms with Crippen molar-refractivity contribution in [3.05, 3.63) is 32.6 Å². The Labute approximate surface area is 138 Å². The predicted octanol–water partition coefficient (Wildman–Crippen LogP) is -3.10. The van der Waals surface area contributed by atoms with Gasteiger partial charge in [0.15, 0.2) is 12.4 Å². The maximum atomic E-state index is 14.1. The molecule has 1 aromatic rings. The number of hydrogen-bond acceptors (Lipinski definition) is 8. The standard InChI is InChI=1S/C10H13FN3O8P.2H3N/c11-6-7(16)4(2-23(19,20)21)22-9(6)14-3(8(12)17)1-5(15)13-10(14)18;;/h1,4,6-7,9,16H,2H2,(H2,12,17)(H,13,15,18)(H2,19,20,21);2*1H3/t4-,6-,7-,9-;;/m1../s1. The van der Waals surface area contributed by atoms with Gasteiger partial charge >= 0.3 is 5.69 Å². The number of aliphatic hydroxyl groups is 1. The van der Waals surface area contributed by atoms with E-state index in [0.29, 0.717) is 10.6 Å². The minimum absolute atomic E-state index is 0. The number of nitrogens with two attached hydrogens (primary N) is 1. The van der Waals surface area contributed by atoms with Gasteiger partial charge in [0.2, 0.25) is 0 Å². The Balaban J connectivity index is 0.00000288. The second-order valence-electron chi connectivity index (χ2n) is 4.85. The molecule has 2 rings (SSSR count). The number of aliphatic hydroxyl groups excluding tert-OH is 1.